The van der Waals surface area contributed by atoms with Crippen LogP contribution < -0.4 is 10.1 Å². The van der Waals surface area contributed by atoms with Crippen molar-refractivity contribution >= 4 is 22.6 Å². The van der Waals surface area contributed by atoms with Crippen LogP contribution in [-0.4, -0.2) is 28.0 Å². The van der Waals surface area contributed by atoms with Gasteiger partial charge in [-0.25, -0.2) is 9.97 Å². The highest BCUT2D eigenvalue weighted by molar-refractivity contribution is 6.00. The number of methoxy groups -OCH3 is 1. The second-order valence-corrected chi connectivity index (χ2v) is 8.41. The molecule has 33 heavy (non-hydrogen) atoms. The Kier molecular flexibility index (Phi) is 6.54. The predicted octanol–water partition coefficient (Wildman–Crippen LogP) is 6.01. The molecule has 2 N–H and O–H groups in total. The van der Waals surface area contributed by atoms with Gasteiger partial charge in [0.1, 0.15) is 5.65 Å². The van der Waals surface area contributed by atoms with Gasteiger partial charge in [0.25, 0.3) is 0 Å². The lowest BCUT2D eigenvalue weighted by Gasteiger charge is -2.12. The molecule has 0 bridgehead atoms. The normalized spacial score (nSPS) is 11.0. The van der Waals surface area contributed by atoms with Crippen LogP contribution in [-0.2, 0) is 11.2 Å². The lowest BCUT2D eigenvalue weighted by Crippen LogP contribution is -2.06. The summed E-state index contributed by atoms with van der Waals surface area (Å²) in [4.78, 5) is 24.1. The van der Waals surface area contributed by atoms with Crippen LogP contribution in [0.15, 0.2) is 67.6 Å². The molecule has 6 heteroatoms. The maximum atomic E-state index is 11.7. The smallest absolute Gasteiger partial charge is 0.247 e. The molecule has 0 atom stereocenters. The summed E-state index contributed by atoms with van der Waals surface area (Å²) in [5, 5.41) is 3.83. The highest BCUT2D eigenvalue weighted by Crippen LogP contribution is 2.35. The number of aromatic nitrogens is 3. The standard InChI is InChI=1S/C27H28N4O2/c1-5-25(32)31-21-8-6-7-18(11-21)20-12-23-24(16-30-27(23)29-15-20)22-13-26(33-4)28-14-19(22)10-9-17(2)3/h5-8,11-17H,1,9-10H2,2-4H3,(H,29,30)(H,31,32). The number of hydrogen-bond acceptors (Lipinski definition) is 4. The predicted molar refractivity (Wildman–Crippen MR) is 133 cm³/mol. The topological polar surface area (TPSA) is 79.9 Å². The molecule has 0 saturated carbocycles. The Hall–Kier alpha value is -3.93. The molecule has 0 aliphatic rings. The number of rotatable bonds is 8. The lowest BCUT2D eigenvalue weighted by molar-refractivity contribution is -0.111. The number of carbonyl (C=O) groups excluding carboxylic acids is 1. The summed E-state index contributed by atoms with van der Waals surface area (Å²) in [6, 6.07) is 11.8. The first-order chi connectivity index (χ1) is 16.0. The van der Waals surface area contributed by atoms with Crippen molar-refractivity contribution in [3.8, 4) is 28.1 Å². The quantitative estimate of drug-likeness (QED) is 0.329. The van der Waals surface area contributed by atoms with E-state index in [1.165, 1.54) is 11.6 Å². The SMILES string of the molecule is C=CC(=O)Nc1cccc(-c2cnc3[nH]cc(-c4cc(OC)ncc4CCC(C)C)c3c2)c1. The minimum absolute atomic E-state index is 0.241. The van der Waals surface area contributed by atoms with Crippen LogP contribution in [0.4, 0.5) is 5.69 Å². The van der Waals surface area contributed by atoms with E-state index in [-0.39, 0.29) is 5.91 Å². The third kappa shape index (κ3) is 4.95. The highest BCUT2D eigenvalue weighted by atomic mass is 16.5. The van der Waals surface area contributed by atoms with Crippen LogP contribution in [0.2, 0.25) is 0 Å². The fourth-order valence-electron chi connectivity index (χ4n) is 3.82. The Morgan fingerprint density at radius 1 is 1.15 bits per heavy atom. The van der Waals surface area contributed by atoms with Crippen LogP contribution >= 0.6 is 0 Å². The zero-order valence-corrected chi connectivity index (χ0v) is 19.2. The van der Waals surface area contributed by atoms with Crippen LogP contribution in [0.5, 0.6) is 5.88 Å². The van der Waals surface area contributed by atoms with Crippen molar-refractivity contribution < 1.29 is 9.53 Å². The summed E-state index contributed by atoms with van der Waals surface area (Å²) >= 11 is 0. The van der Waals surface area contributed by atoms with E-state index in [4.69, 9.17) is 4.74 Å². The molecule has 0 saturated heterocycles. The molecule has 1 amide bonds. The second-order valence-electron chi connectivity index (χ2n) is 8.41. The number of H-pyrrole nitrogens is 1. The molecule has 4 aromatic rings. The van der Waals surface area contributed by atoms with E-state index in [0.717, 1.165) is 46.1 Å². The van der Waals surface area contributed by atoms with Crippen LogP contribution in [0, 0.1) is 5.92 Å². The molecule has 1 aromatic carbocycles. The third-order valence-electron chi connectivity index (χ3n) is 5.63. The number of aryl methyl sites for hydroxylation is 1. The Morgan fingerprint density at radius 3 is 2.76 bits per heavy atom. The number of fused-ring (bicyclic) bond motifs is 1. The molecule has 6 nitrogen and oxygen atoms in total. The molecule has 3 heterocycles. The molecule has 0 radical (unpaired) electrons. The van der Waals surface area contributed by atoms with Crippen molar-refractivity contribution in [2.24, 2.45) is 5.92 Å². The highest BCUT2D eigenvalue weighted by Gasteiger charge is 2.15. The minimum atomic E-state index is -0.241. The molecule has 0 unspecified atom stereocenters. The number of aromatic amines is 1. The van der Waals surface area contributed by atoms with Gasteiger partial charge >= 0.3 is 0 Å². The largest absolute Gasteiger partial charge is 0.481 e. The monoisotopic (exact) mass is 440 g/mol. The molecular weight excluding hydrogens is 412 g/mol. The lowest BCUT2D eigenvalue weighted by atomic mass is 9.95. The van der Waals surface area contributed by atoms with Gasteiger partial charge in [0.2, 0.25) is 11.8 Å². The first-order valence-electron chi connectivity index (χ1n) is 11.0. The first kappa shape index (κ1) is 22.3. The Bertz CT molecular complexity index is 1310. The van der Waals surface area contributed by atoms with E-state index in [1.807, 2.05) is 48.9 Å². The number of carbonyl (C=O) groups is 1. The van der Waals surface area contributed by atoms with Crippen molar-refractivity contribution in [2.75, 3.05) is 12.4 Å². The van der Waals surface area contributed by atoms with Crippen molar-refractivity contribution in [3.05, 3.63) is 73.2 Å². The van der Waals surface area contributed by atoms with E-state index in [0.29, 0.717) is 17.5 Å². The van der Waals surface area contributed by atoms with Gasteiger partial charge in [0.15, 0.2) is 0 Å². The summed E-state index contributed by atoms with van der Waals surface area (Å²) in [5.41, 5.74) is 6.80. The van der Waals surface area contributed by atoms with Crippen molar-refractivity contribution in [1.29, 1.82) is 0 Å². The molecule has 4 rings (SSSR count). The number of amides is 1. The zero-order chi connectivity index (χ0) is 23.4. The maximum absolute atomic E-state index is 11.7. The number of anilines is 1. The number of benzene rings is 1. The van der Waals surface area contributed by atoms with Crippen LogP contribution in [0.1, 0.15) is 25.8 Å². The number of pyridine rings is 2. The van der Waals surface area contributed by atoms with Crippen molar-refractivity contribution in [1.82, 2.24) is 15.0 Å². The Labute approximate surface area is 193 Å². The number of nitrogens with zero attached hydrogens (tertiary/aromatic N) is 2. The molecular formula is C27H28N4O2. The molecule has 168 valence electrons. The molecule has 3 aromatic heterocycles. The molecule has 0 aliphatic heterocycles. The van der Waals surface area contributed by atoms with E-state index < -0.39 is 0 Å². The molecule has 0 aliphatic carbocycles. The van der Waals surface area contributed by atoms with E-state index in [9.17, 15) is 4.79 Å². The van der Waals surface area contributed by atoms with Gasteiger partial charge in [0.05, 0.1) is 7.11 Å². The summed E-state index contributed by atoms with van der Waals surface area (Å²) < 4.78 is 5.41. The average molecular weight is 441 g/mol. The van der Waals surface area contributed by atoms with Gasteiger partial charge in [-0.1, -0.05) is 32.6 Å². The van der Waals surface area contributed by atoms with Gasteiger partial charge < -0.3 is 15.0 Å². The van der Waals surface area contributed by atoms with E-state index in [1.54, 1.807) is 7.11 Å². The zero-order valence-electron chi connectivity index (χ0n) is 19.2. The Balaban J connectivity index is 1.78. The minimum Gasteiger partial charge on any atom is -0.481 e. The van der Waals surface area contributed by atoms with E-state index >= 15 is 0 Å². The number of hydrogen-bond donors (Lipinski definition) is 2. The summed E-state index contributed by atoms with van der Waals surface area (Å²) in [6.45, 7) is 7.96. The summed E-state index contributed by atoms with van der Waals surface area (Å²) in [6.07, 6.45) is 9.02. The molecule has 0 spiro atoms. The van der Waals surface area contributed by atoms with Gasteiger partial charge in [-0.3, -0.25) is 4.79 Å². The van der Waals surface area contributed by atoms with Crippen molar-refractivity contribution in [3.63, 3.8) is 0 Å². The third-order valence-corrected chi connectivity index (χ3v) is 5.63. The van der Waals surface area contributed by atoms with Gasteiger partial charge in [-0.05, 0) is 59.7 Å². The fourth-order valence-corrected chi connectivity index (χ4v) is 3.82. The van der Waals surface area contributed by atoms with Gasteiger partial charge in [0, 0.05) is 46.9 Å². The number of ether oxygens (including phenoxy) is 1. The van der Waals surface area contributed by atoms with E-state index in [2.05, 4.69) is 46.8 Å². The van der Waals surface area contributed by atoms with Gasteiger partial charge in [-0.15, -0.1) is 0 Å². The summed E-state index contributed by atoms with van der Waals surface area (Å²) in [5.74, 6) is 0.946. The van der Waals surface area contributed by atoms with Crippen LogP contribution in [0.25, 0.3) is 33.3 Å². The first-order valence-corrected chi connectivity index (χ1v) is 11.0. The summed E-state index contributed by atoms with van der Waals surface area (Å²) in [7, 11) is 1.63. The average Bonchev–Trinajstić information content (AvgIpc) is 3.25. The number of nitrogens with one attached hydrogen (secondary N) is 2. The van der Waals surface area contributed by atoms with Crippen molar-refractivity contribution in [2.45, 2.75) is 26.7 Å². The Morgan fingerprint density at radius 2 is 2.00 bits per heavy atom. The fraction of sp³-hybridized carbons (Fsp3) is 0.222. The van der Waals surface area contributed by atoms with Gasteiger partial charge in [-0.2, -0.15) is 0 Å². The molecule has 0 fully saturated rings. The van der Waals surface area contributed by atoms with Crippen LogP contribution in [0.3, 0.4) is 0 Å². The second kappa shape index (κ2) is 9.69. The maximum Gasteiger partial charge on any atom is 0.247 e.